The van der Waals surface area contributed by atoms with E-state index in [2.05, 4.69) is 38.4 Å². The molecule has 0 bridgehead atoms. The molecule has 0 saturated carbocycles. The van der Waals surface area contributed by atoms with Gasteiger partial charge in [-0.25, -0.2) is 4.98 Å². The van der Waals surface area contributed by atoms with Gasteiger partial charge in [-0.1, -0.05) is 41.3 Å². The van der Waals surface area contributed by atoms with Crippen molar-refractivity contribution < 1.29 is 4.74 Å². The zero-order valence-corrected chi connectivity index (χ0v) is 18.4. The van der Waals surface area contributed by atoms with E-state index in [9.17, 15) is 0 Å². The van der Waals surface area contributed by atoms with Gasteiger partial charge < -0.3 is 10.1 Å². The Bertz CT molecular complexity index is 1010. The van der Waals surface area contributed by atoms with Gasteiger partial charge in [-0.05, 0) is 30.0 Å². The van der Waals surface area contributed by atoms with Crippen molar-refractivity contribution in [3.8, 4) is 16.3 Å². The highest BCUT2D eigenvalue weighted by atomic mass is 32.2. The minimum atomic E-state index is 0.773. The second-order valence-corrected chi connectivity index (χ2v) is 9.85. The first kappa shape index (κ1) is 19.4. The van der Waals surface area contributed by atoms with E-state index >= 15 is 0 Å². The van der Waals surface area contributed by atoms with Gasteiger partial charge in [-0.2, -0.15) is 0 Å². The summed E-state index contributed by atoms with van der Waals surface area (Å²) in [5.41, 5.74) is 2.07. The van der Waals surface area contributed by atoms with E-state index < -0.39 is 0 Å². The van der Waals surface area contributed by atoms with Crippen LogP contribution in [0.3, 0.4) is 0 Å². The normalized spacial score (nSPS) is 10.9. The Labute approximate surface area is 179 Å². The molecule has 9 heteroatoms. The average Bonchev–Trinajstić information content (AvgIpc) is 3.48. The van der Waals surface area contributed by atoms with Crippen molar-refractivity contribution in [2.45, 2.75) is 16.5 Å². The monoisotopic (exact) mass is 446 g/mol. The summed E-state index contributed by atoms with van der Waals surface area (Å²) in [6.07, 6.45) is 1.00. The Kier molecular flexibility index (Phi) is 6.58. The largest absolute Gasteiger partial charge is 0.496 e. The highest BCUT2D eigenvalue weighted by Gasteiger charge is 2.11. The first-order chi connectivity index (χ1) is 13.8. The molecule has 4 aromatic rings. The van der Waals surface area contributed by atoms with Gasteiger partial charge in [-0.15, -0.1) is 32.9 Å². The number of benzene rings is 1. The lowest BCUT2D eigenvalue weighted by atomic mass is 10.2. The van der Waals surface area contributed by atoms with E-state index in [0.29, 0.717) is 0 Å². The molecule has 0 fully saturated rings. The Morgan fingerprint density at radius 3 is 2.89 bits per heavy atom. The summed E-state index contributed by atoms with van der Waals surface area (Å²) in [6.45, 7) is 0.869. The first-order valence-electron chi connectivity index (χ1n) is 8.62. The lowest BCUT2D eigenvalue weighted by molar-refractivity contribution is 0.416. The lowest BCUT2D eigenvalue weighted by Gasteiger charge is -2.04. The molecule has 4 rings (SSSR count). The molecule has 0 saturated heterocycles. The van der Waals surface area contributed by atoms with Crippen LogP contribution in [0.25, 0.3) is 10.6 Å². The number of nitrogens with one attached hydrogen (secondary N) is 1. The van der Waals surface area contributed by atoms with Crippen LogP contribution in [0.5, 0.6) is 5.75 Å². The van der Waals surface area contributed by atoms with Gasteiger partial charge in [0.15, 0.2) is 4.34 Å². The molecule has 1 aromatic carbocycles. The zero-order chi connectivity index (χ0) is 19.2. The van der Waals surface area contributed by atoms with Crippen molar-refractivity contribution in [2.24, 2.45) is 0 Å². The van der Waals surface area contributed by atoms with Crippen LogP contribution in [-0.4, -0.2) is 28.8 Å². The summed E-state index contributed by atoms with van der Waals surface area (Å²) in [6, 6.07) is 12.2. The summed E-state index contributed by atoms with van der Waals surface area (Å²) in [4.78, 5) is 6.12. The quantitative estimate of drug-likeness (QED) is 0.334. The second kappa shape index (κ2) is 9.51. The number of para-hydroxylation sites is 1. The molecule has 5 nitrogen and oxygen atoms in total. The number of anilines is 1. The number of rotatable bonds is 9. The fourth-order valence-electron chi connectivity index (χ4n) is 2.54. The Morgan fingerprint density at radius 1 is 1.11 bits per heavy atom. The van der Waals surface area contributed by atoms with Gasteiger partial charge >= 0.3 is 0 Å². The highest BCUT2D eigenvalue weighted by molar-refractivity contribution is 8.00. The van der Waals surface area contributed by atoms with Crippen molar-refractivity contribution in [3.63, 3.8) is 0 Å². The maximum Gasteiger partial charge on any atom is 0.206 e. The molecule has 144 valence electrons. The van der Waals surface area contributed by atoms with Gasteiger partial charge in [0.1, 0.15) is 10.8 Å². The minimum absolute atomic E-state index is 0.773. The van der Waals surface area contributed by atoms with Crippen LogP contribution >= 0.6 is 45.8 Å². The molecule has 0 spiro atoms. The van der Waals surface area contributed by atoms with Gasteiger partial charge in [0.25, 0.3) is 0 Å². The Hall–Kier alpha value is -1.94. The summed E-state index contributed by atoms with van der Waals surface area (Å²) >= 11 is 6.67. The fraction of sp³-hybridized carbons (Fsp3) is 0.211. The van der Waals surface area contributed by atoms with E-state index in [4.69, 9.17) is 9.72 Å². The fourth-order valence-corrected chi connectivity index (χ4v) is 5.87. The van der Waals surface area contributed by atoms with Crippen LogP contribution < -0.4 is 10.1 Å². The Balaban J connectivity index is 1.30. The third-order valence-electron chi connectivity index (χ3n) is 3.87. The number of thioether (sulfide) groups is 1. The molecule has 0 atom stereocenters. The zero-order valence-electron chi connectivity index (χ0n) is 15.1. The van der Waals surface area contributed by atoms with Crippen LogP contribution in [0.15, 0.2) is 51.5 Å². The maximum atomic E-state index is 5.44. The smallest absolute Gasteiger partial charge is 0.206 e. The molecule has 0 aliphatic rings. The molecule has 0 radical (unpaired) electrons. The van der Waals surface area contributed by atoms with Crippen molar-refractivity contribution in [1.29, 1.82) is 0 Å². The predicted molar refractivity (Wildman–Crippen MR) is 120 cm³/mol. The number of ether oxygens (including phenoxy) is 1. The number of thiazole rings is 1. The lowest BCUT2D eigenvalue weighted by Crippen LogP contribution is -2.03. The van der Waals surface area contributed by atoms with Crippen LogP contribution in [-0.2, 0) is 12.2 Å². The Morgan fingerprint density at radius 2 is 2.04 bits per heavy atom. The van der Waals surface area contributed by atoms with Crippen molar-refractivity contribution >= 4 is 50.9 Å². The van der Waals surface area contributed by atoms with Gasteiger partial charge in [-0.3, -0.25) is 0 Å². The minimum Gasteiger partial charge on any atom is -0.496 e. The van der Waals surface area contributed by atoms with Crippen molar-refractivity contribution in [1.82, 2.24) is 15.2 Å². The molecule has 0 aliphatic carbocycles. The van der Waals surface area contributed by atoms with Crippen LogP contribution in [0.1, 0.15) is 10.6 Å². The molecule has 0 amide bonds. The number of hydrogen-bond donors (Lipinski definition) is 1. The van der Waals surface area contributed by atoms with E-state index in [1.807, 2.05) is 24.3 Å². The van der Waals surface area contributed by atoms with Gasteiger partial charge in [0.2, 0.25) is 5.13 Å². The van der Waals surface area contributed by atoms with Crippen LogP contribution in [0.2, 0.25) is 0 Å². The van der Waals surface area contributed by atoms with E-state index in [0.717, 1.165) is 50.2 Å². The summed E-state index contributed by atoms with van der Waals surface area (Å²) in [5.74, 6) is 1.62. The van der Waals surface area contributed by atoms with Crippen LogP contribution in [0.4, 0.5) is 5.13 Å². The predicted octanol–water partition coefficient (Wildman–Crippen LogP) is 5.68. The number of nitrogens with zero attached hydrogens (tertiary/aromatic N) is 3. The van der Waals surface area contributed by atoms with Gasteiger partial charge in [0.05, 0.1) is 18.4 Å². The third-order valence-corrected chi connectivity index (χ3v) is 7.78. The number of thiophene rings is 1. The molecular weight excluding hydrogens is 429 g/mol. The standard InChI is InChI=1S/C19H18N4OS4/c1-24-16-7-3-2-6-15(16)17-21-13(11-26-17)12-27-19-23-22-18(28-19)20-9-8-14-5-4-10-25-14/h2-7,10-11H,8-9,12H2,1H3,(H,20,22). The summed E-state index contributed by atoms with van der Waals surface area (Å²) in [7, 11) is 1.69. The number of methoxy groups -OCH3 is 1. The SMILES string of the molecule is COc1ccccc1-c1nc(CSc2nnc(NCCc3cccs3)s2)cs1. The molecule has 3 heterocycles. The first-order valence-corrected chi connectivity index (χ1v) is 12.2. The van der Waals surface area contributed by atoms with Gasteiger partial charge in [0, 0.05) is 22.6 Å². The summed E-state index contributed by atoms with van der Waals surface area (Å²) < 4.78 is 6.38. The molecule has 0 aliphatic heterocycles. The molecule has 28 heavy (non-hydrogen) atoms. The number of hydrogen-bond acceptors (Lipinski definition) is 9. The third kappa shape index (κ3) is 4.91. The molecule has 0 unspecified atom stereocenters. The molecular formula is C19H18N4OS4. The highest BCUT2D eigenvalue weighted by Crippen LogP contribution is 2.34. The second-order valence-electron chi connectivity index (χ2n) is 5.76. The summed E-state index contributed by atoms with van der Waals surface area (Å²) in [5, 5.41) is 17.9. The molecule has 1 N–H and O–H groups in total. The maximum absolute atomic E-state index is 5.44. The van der Waals surface area contributed by atoms with E-state index in [1.54, 1.807) is 52.9 Å². The topological polar surface area (TPSA) is 59.9 Å². The average molecular weight is 447 g/mol. The van der Waals surface area contributed by atoms with Crippen molar-refractivity contribution in [3.05, 3.63) is 57.7 Å². The van der Waals surface area contributed by atoms with Crippen LogP contribution in [0, 0.1) is 0 Å². The van der Waals surface area contributed by atoms with E-state index in [1.165, 1.54) is 4.88 Å². The number of aromatic nitrogens is 3. The van der Waals surface area contributed by atoms with E-state index in [-0.39, 0.29) is 0 Å². The molecule has 3 aromatic heterocycles. The van der Waals surface area contributed by atoms with Crippen molar-refractivity contribution in [2.75, 3.05) is 19.0 Å².